The van der Waals surface area contributed by atoms with E-state index in [1.54, 1.807) is 27.7 Å². The Hall–Kier alpha value is -2.15. The summed E-state index contributed by atoms with van der Waals surface area (Å²) in [6, 6.07) is 0. The molecule has 0 aliphatic carbocycles. The van der Waals surface area contributed by atoms with E-state index in [4.69, 9.17) is 9.47 Å². The molecular formula is C19H32N2O5. The van der Waals surface area contributed by atoms with Crippen molar-refractivity contribution in [3.63, 3.8) is 0 Å². The summed E-state index contributed by atoms with van der Waals surface area (Å²) in [6.07, 6.45) is 1.93. The molecule has 26 heavy (non-hydrogen) atoms. The lowest BCUT2D eigenvalue weighted by Gasteiger charge is -2.23. The molecule has 0 aliphatic heterocycles. The molecule has 0 aromatic rings. The maximum Gasteiger partial charge on any atom is 0.333 e. The predicted octanol–water partition coefficient (Wildman–Crippen LogP) is 1.69. The van der Waals surface area contributed by atoms with Crippen molar-refractivity contribution in [3.8, 4) is 0 Å². The van der Waals surface area contributed by atoms with Crippen LogP contribution < -0.4 is 5.32 Å². The normalized spacial score (nSPS) is 11.0. The van der Waals surface area contributed by atoms with Crippen LogP contribution in [0.5, 0.6) is 0 Å². The zero-order chi connectivity index (χ0) is 20.2. The summed E-state index contributed by atoms with van der Waals surface area (Å²) in [4.78, 5) is 36.4. The maximum absolute atomic E-state index is 11.8. The van der Waals surface area contributed by atoms with Gasteiger partial charge in [0.2, 0.25) is 5.91 Å². The van der Waals surface area contributed by atoms with Gasteiger partial charge in [0.15, 0.2) is 0 Å². The largest absolute Gasteiger partial charge is 0.464 e. The first-order chi connectivity index (χ1) is 12.1. The lowest BCUT2D eigenvalue weighted by atomic mass is 9.97. The van der Waals surface area contributed by atoms with Crippen LogP contribution in [0.15, 0.2) is 24.8 Å². The molecule has 0 aliphatic rings. The Kier molecular flexibility index (Phi) is 11.2. The second kappa shape index (κ2) is 12.2. The fourth-order valence-electron chi connectivity index (χ4n) is 1.80. The fraction of sp³-hybridized carbons (Fsp3) is 0.632. The van der Waals surface area contributed by atoms with Gasteiger partial charge in [0.05, 0.1) is 5.41 Å². The van der Waals surface area contributed by atoms with E-state index in [-0.39, 0.29) is 25.1 Å². The summed E-state index contributed by atoms with van der Waals surface area (Å²) in [7, 11) is 0. The van der Waals surface area contributed by atoms with E-state index < -0.39 is 11.4 Å². The zero-order valence-corrected chi connectivity index (χ0v) is 16.4. The summed E-state index contributed by atoms with van der Waals surface area (Å²) in [5, 5.41) is 2.71. The molecule has 0 saturated heterocycles. The van der Waals surface area contributed by atoms with Crippen LogP contribution in [0.4, 0.5) is 0 Å². The van der Waals surface area contributed by atoms with Crippen molar-refractivity contribution in [2.24, 2.45) is 5.41 Å². The van der Waals surface area contributed by atoms with Crippen molar-refractivity contribution in [1.82, 2.24) is 10.2 Å². The predicted molar refractivity (Wildman–Crippen MR) is 100 cm³/mol. The highest BCUT2D eigenvalue weighted by Gasteiger charge is 2.23. The van der Waals surface area contributed by atoms with Gasteiger partial charge in [-0.1, -0.05) is 13.2 Å². The van der Waals surface area contributed by atoms with Crippen molar-refractivity contribution >= 4 is 17.8 Å². The molecular weight excluding hydrogens is 336 g/mol. The Morgan fingerprint density at radius 1 is 1.08 bits per heavy atom. The average Bonchev–Trinajstić information content (AvgIpc) is 2.56. The fourth-order valence-corrected chi connectivity index (χ4v) is 1.80. The van der Waals surface area contributed by atoms with E-state index in [2.05, 4.69) is 18.5 Å². The third kappa shape index (κ3) is 11.4. The van der Waals surface area contributed by atoms with E-state index in [0.717, 1.165) is 0 Å². The van der Waals surface area contributed by atoms with Crippen LogP contribution in [0.1, 0.15) is 34.1 Å². The first kappa shape index (κ1) is 23.9. The Balaban J connectivity index is 4.36. The summed E-state index contributed by atoms with van der Waals surface area (Å²) in [5.41, 5.74) is -0.195. The van der Waals surface area contributed by atoms with Gasteiger partial charge in [0.1, 0.15) is 13.2 Å². The quantitative estimate of drug-likeness (QED) is 0.321. The van der Waals surface area contributed by atoms with Crippen LogP contribution in [0.2, 0.25) is 0 Å². The minimum absolute atomic E-state index is 0.217. The van der Waals surface area contributed by atoms with Gasteiger partial charge in [-0.25, -0.2) is 4.79 Å². The number of ether oxygens (including phenoxy) is 2. The number of carbonyl (C=O) groups is 3. The Morgan fingerprint density at radius 3 is 2.15 bits per heavy atom. The van der Waals surface area contributed by atoms with Crippen LogP contribution in [0.3, 0.4) is 0 Å². The molecule has 0 unspecified atom stereocenters. The summed E-state index contributed by atoms with van der Waals surface area (Å²) < 4.78 is 10.4. The highest BCUT2D eigenvalue weighted by atomic mass is 16.5. The monoisotopic (exact) mass is 368 g/mol. The molecule has 0 aromatic carbocycles. The van der Waals surface area contributed by atoms with Gasteiger partial charge in [-0.15, -0.1) is 0 Å². The van der Waals surface area contributed by atoms with Crippen LogP contribution in [0, 0.1) is 5.41 Å². The van der Waals surface area contributed by atoms with Crippen molar-refractivity contribution in [2.45, 2.75) is 34.1 Å². The standard InChI is InChI=1S/C19H32N2O5/c1-7-16(22)20-9-8-10-21(11-13-25-17(23)15(2)3)12-14-26-18(24)19(4,5)6/h7H,1-2,8-14H2,3-6H3,(H,20,22). The molecule has 0 atom stereocenters. The molecule has 1 amide bonds. The number of hydrogen-bond acceptors (Lipinski definition) is 6. The third-order valence-corrected chi connectivity index (χ3v) is 3.38. The van der Waals surface area contributed by atoms with Gasteiger partial charge in [-0.3, -0.25) is 14.5 Å². The van der Waals surface area contributed by atoms with Gasteiger partial charge >= 0.3 is 11.9 Å². The van der Waals surface area contributed by atoms with Crippen LogP contribution in [-0.4, -0.2) is 62.1 Å². The third-order valence-electron chi connectivity index (χ3n) is 3.38. The van der Waals surface area contributed by atoms with Gasteiger partial charge < -0.3 is 14.8 Å². The molecule has 7 heteroatoms. The topological polar surface area (TPSA) is 84.9 Å². The first-order valence-electron chi connectivity index (χ1n) is 8.70. The van der Waals surface area contributed by atoms with Crippen molar-refractivity contribution in [1.29, 1.82) is 0 Å². The van der Waals surface area contributed by atoms with E-state index in [1.807, 2.05) is 4.90 Å². The Labute approximate surface area is 156 Å². The molecule has 0 radical (unpaired) electrons. The van der Waals surface area contributed by atoms with E-state index >= 15 is 0 Å². The van der Waals surface area contributed by atoms with Crippen molar-refractivity contribution < 1.29 is 23.9 Å². The number of carbonyl (C=O) groups excluding carboxylic acids is 3. The molecule has 0 spiro atoms. The number of amides is 1. The van der Waals surface area contributed by atoms with E-state index in [0.29, 0.717) is 38.2 Å². The number of rotatable bonds is 12. The summed E-state index contributed by atoms with van der Waals surface area (Å²) in [6.45, 7) is 16.6. The molecule has 0 bridgehead atoms. The molecule has 0 saturated carbocycles. The lowest BCUT2D eigenvalue weighted by Crippen LogP contribution is -2.35. The van der Waals surface area contributed by atoms with E-state index in [9.17, 15) is 14.4 Å². The second-order valence-electron chi connectivity index (χ2n) is 6.99. The van der Waals surface area contributed by atoms with Gasteiger partial charge in [0.25, 0.3) is 0 Å². The first-order valence-corrected chi connectivity index (χ1v) is 8.70. The minimum Gasteiger partial charge on any atom is -0.464 e. The minimum atomic E-state index is -0.545. The summed E-state index contributed by atoms with van der Waals surface area (Å²) in [5.74, 6) is -0.905. The molecule has 0 heterocycles. The second-order valence-corrected chi connectivity index (χ2v) is 6.99. The van der Waals surface area contributed by atoms with Crippen molar-refractivity contribution in [2.75, 3.05) is 39.4 Å². The SMILES string of the molecule is C=CC(=O)NCCCN(CCOC(=O)C(=C)C)CCOC(=O)C(C)(C)C. The van der Waals surface area contributed by atoms with Gasteiger partial charge in [0, 0.05) is 31.8 Å². The molecule has 0 rings (SSSR count). The van der Waals surface area contributed by atoms with Gasteiger partial charge in [-0.05, 0) is 40.2 Å². The molecule has 1 N–H and O–H groups in total. The van der Waals surface area contributed by atoms with E-state index in [1.165, 1.54) is 6.08 Å². The van der Waals surface area contributed by atoms with Crippen LogP contribution in [-0.2, 0) is 23.9 Å². The number of nitrogens with one attached hydrogen (secondary N) is 1. The van der Waals surface area contributed by atoms with Crippen LogP contribution >= 0.6 is 0 Å². The molecule has 148 valence electrons. The highest BCUT2D eigenvalue weighted by molar-refractivity contribution is 5.87. The zero-order valence-electron chi connectivity index (χ0n) is 16.4. The number of nitrogens with zero attached hydrogens (tertiary/aromatic N) is 1. The maximum atomic E-state index is 11.8. The molecule has 0 fully saturated rings. The average molecular weight is 368 g/mol. The summed E-state index contributed by atoms with van der Waals surface area (Å²) >= 11 is 0. The molecule has 0 aromatic heterocycles. The van der Waals surface area contributed by atoms with Crippen molar-refractivity contribution in [3.05, 3.63) is 24.8 Å². The Bertz CT molecular complexity index is 509. The smallest absolute Gasteiger partial charge is 0.333 e. The van der Waals surface area contributed by atoms with Gasteiger partial charge in [-0.2, -0.15) is 0 Å². The molecule has 7 nitrogen and oxygen atoms in total. The highest BCUT2D eigenvalue weighted by Crippen LogP contribution is 2.14. The Morgan fingerprint density at radius 2 is 1.65 bits per heavy atom. The van der Waals surface area contributed by atoms with Crippen LogP contribution in [0.25, 0.3) is 0 Å². The number of hydrogen-bond donors (Lipinski definition) is 1. The number of esters is 2. The lowest BCUT2D eigenvalue weighted by molar-refractivity contribution is -0.153.